The molecule has 1 N–H and O–H groups in total. The zero-order valence-electron chi connectivity index (χ0n) is 14.4. The highest BCUT2D eigenvalue weighted by Gasteiger charge is 2.20. The van der Waals surface area contributed by atoms with Crippen LogP contribution in [0, 0.1) is 20.8 Å². The number of amides is 1. The molecular weight excluding hydrogens is 312 g/mol. The van der Waals surface area contributed by atoms with Crippen molar-refractivity contribution in [1.29, 1.82) is 0 Å². The normalized spacial score (nSPS) is 11.2. The lowest BCUT2D eigenvalue weighted by atomic mass is 10.0. The maximum Gasteiger partial charge on any atom is 0.291 e. The van der Waals surface area contributed by atoms with E-state index >= 15 is 0 Å². The zero-order chi connectivity index (χ0) is 17.6. The third kappa shape index (κ3) is 2.47. The minimum Gasteiger partial charge on any atom is -0.450 e. The maximum absolute atomic E-state index is 12.8. The number of carbonyl (C=O) groups excluding carboxylic acids is 1. The molecule has 2 aromatic heterocycles. The van der Waals surface area contributed by atoms with Crippen LogP contribution in [0.2, 0.25) is 0 Å². The Hall–Kier alpha value is -3.14. The first-order valence-corrected chi connectivity index (χ1v) is 8.20. The second-order valence-corrected chi connectivity index (χ2v) is 6.28. The number of para-hydroxylation sites is 1. The number of aromatic nitrogens is 1. The van der Waals surface area contributed by atoms with Crippen molar-refractivity contribution in [2.24, 2.45) is 0 Å². The van der Waals surface area contributed by atoms with Crippen molar-refractivity contribution in [2.45, 2.75) is 20.8 Å². The van der Waals surface area contributed by atoms with Gasteiger partial charge in [0.15, 0.2) is 5.76 Å². The lowest BCUT2D eigenvalue weighted by Crippen LogP contribution is -2.12. The predicted octanol–water partition coefficient (Wildman–Crippen LogP) is 5.16. The Balaban J connectivity index is 1.78. The van der Waals surface area contributed by atoms with E-state index in [0.717, 1.165) is 38.6 Å². The molecule has 0 radical (unpaired) electrons. The lowest BCUT2D eigenvalue weighted by molar-refractivity contribution is 0.0998. The van der Waals surface area contributed by atoms with E-state index in [2.05, 4.69) is 16.4 Å². The number of hydrogen-bond donors (Lipinski definition) is 1. The van der Waals surface area contributed by atoms with Crippen LogP contribution in [-0.2, 0) is 0 Å². The number of carbonyl (C=O) groups is 1. The Morgan fingerprint density at radius 3 is 2.64 bits per heavy atom. The first kappa shape index (κ1) is 15.4. The summed E-state index contributed by atoms with van der Waals surface area (Å²) in [5, 5.41) is 4.90. The largest absolute Gasteiger partial charge is 0.450 e. The molecule has 4 nitrogen and oxygen atoms in total. The van der Waals surface area contributed by atoms with Crippen molar-refractivity contribution < 1.29 is 9.21 Å². The van der Waals surface area contributed by atoms with E-state index in [1.807, 2.05) is 57.2 Å². The fourth-order valence-corrected chi connectivity index (χ4v) is 3.12. The van der Waals surface area contributed by atoms with Gasteiger partial charge in [0.05, 0.1) is 11.2 Å². The summed E-state index contributed by atoms with van der Waals surface area (Å²) in [6.45, 7) is 5.96. The third-order valence-corrected chi connectivity index (χ3v) is 4.71. The van der Waals surface area contributed by atoms with Crippen LogP contribution in [0.4, 0.5) is 5.69 Å². The highest BCUT2D eigenvalue weighted by atomic mass is 16.3. The average Bonchev–Trinajstić information content (AvgIpc) is 2.96. The Labute approximate surface area is 145 Å². The highest BCUT2D eigenvalue weighted by Crippen LogP contribution is 2.30. The van der Waals surface area contributed by atoms with Crippen LogP contribution >= 0.6 is 0 Å². The van der Waals surface area contributed by atoms with Gasteiger partial charge < -0.3 is 9.73 Å². The fraction of sp³-hybridized carbons (Fsp3) is 0.143. The molecular formula is C21H18N2O2. The van der Waals surface area contributed by atoms with Crippen LogP contribution in [0.25, 0.3) is 21.9 Å². The third-order valence-electron chi connectivity index (χ3n) is 4.71. The Bertz CT molecular complexity index is 1120. The van der Waals surface area contributed by atoms with E-state index in [1.54, 1.807) is 6.20 Å². The van der Waals surface area contributed by atoms with Gasteiger partial charge in [-0.3, -0.25) is 9.78 Å². The molecule has 0 aliphatic rings. The van der Waals surface area contributed by atoms with Crippen molar-refractivity contribution in [1.82, 2.24) is 4.98 Å². The summed E-state index contributed by atoms with van der Waals surface area (Å²) >= 11 is 0. The Morgan fingerprint density at radius 2 is 1.80 bits per heavy atom. The van der Waals surface area contributed by atoms with Crippen molar-refractivity contribution in [2.75, 3.05) is 5.32 Å². The van der Waals surface area contributed by atoms with E-state index in [0.29, 0.717) is 11.4 Å². The minimum absolute atomic E-state index is 0.260. The Morgan fingerprint density at radius 1 is 1.00 bits per heavy atom. The molecule has 0 saturated heterocycles. The number of rotatable bonds is 2. The number of fused-ring (bicyclic) bond motifs is 2. The number of nitrogens with one attached hydrogen (secondary N) is 1. The van der Waals surface area contributed by atoms with Gasteiger partial charge >= 0.3 is 0 Å². The summed E-state index contributed by atoms with van der Waals surface area (Å²) in [6.07, 6.45) is 1.72. The summed E-state index contributed by atoms with van der Waals surface area (Å²) < 4.78 is 5.92. The number of nitrogens with zero attached hydrogens (tertiary/aromatic N) is 1. The van der Waals surface area contributed by atoms with Crippen molar-refractivity contribution in [3.8, 4) is 0 Å². The smallest absolute Gasteiger partial charge is 0.291 e. The summed E-state index contributed by atoms with van der Waals surface area (Å²) in [4.78, 5) is 17.2. The van der Waals surface area contributed by atoms with Gasteiger partial charge in [-0.15, -0.1) is 0 Å². The van der Waals surface area contributed by atoms with Gasteiger partial charge in [-0.25, -0.2) is 0 Å². The van der Waals surface area contributed by atoms with Crippen LogP contribution in [0.3, 0.4) is 0 Å². The van der Waals surface area contributed by atoms with E-state index in [4.69, 9.17) is 4.42 Å². The molecule has 2 heterocycles. The number of anilines is 1. The van der Waals surface area contributed by atoms with Crippen LogP contribution in [0.5, 0.6) is 0 Å². The molecule has 0 atom stereocenters. The molecule has 4 heteroatoms. The van der Waals surface area contributed by atoms with E-state index in [-0.39, 0.29) is 5.91 Å². The summed E-state index contributed by atoms with van der Waals surface area (Å²) in [7, 11) is 0. The van der Waals surface area contributed by atoms with Gasteiger partial charge in [0.25, 0.3) is 5.91 Å². The molecule has 0 spiro atoms. The molecule has 1 amide bonds. The molecule has 0 saturated carbocycles. The zero-order valence-corrected chi connectivity index (χ0v) is 14.4. The van der Waals surface area contributed by atoms with Crippen molar-refractivity contribution >= 4 is 33.5 Å². The predicted molar refractivity (Wildman–Crippen MR) is 100 cm³/mol. The van der Waals surface area contributed by atoms with Crippen LogP contribution in [0.15, 0.2) is 53.1 Å². The van der Waals surface area contributed by atoms with Gasteiger partial charge in [0, 0.05) is 22.5 Å². The van der Waals surface area contributed by atoms with Gasteiger partial charge in [-0.1, -0.05) is 30.3 Å². The molecule has 0 aliphatic carbocycles. The molecule has 0 bridgehead atoms. The molecule has 124 valence electrons. The van der Waals surface area contributed by atoms with Crippen LogP contribution < -0.4 is 5.32 Å². The molecule has 4 aromatic rings. The SMILES string of the molecule is Cc1ccc2c(C)c(C(=O)Nc3cccc4cccnc34)oc2c1C. The van der Waals surface area contributed by atoms with Gasteiger partial charge in [0.2, 0.25) is 0 Å². The summed E-state index contributed by atoms with van der Waals surface area (Å²) in [6, 6.07) is 13.6. The lowest BCUT2D eigenvalue weighted by Gasteiger charge is -2.07. The quantitative estimate of drug-likeness (QED) is 0.552. The summed E-state index contributed by atoms with van der Waals surface area (Å²) in [5.41, 5.74) is 5.27. The topological polar surface area (TPSA) is 55.1 Å². The maximum atomic E-state index is 12.8. The first-order valence-electron chi connectivity index (χ1n) is 8.20. The van der Waals surface area contributed by atoms with E-state index in [9.17, 15) is 4.79 Å². The summed E-state index contributed by atoms with van der Waals surface area (Å²) in [5.74, 6) is 0.0838. The standard InChI is InChI=1S/C21H18N2O2/c1-12-9-10-16-14(3)20(25-19(16)13(12)2)21(24)23-17-8-4-6-15-7-5-11-22-18(15)17/h4-11H,1-3H3,(H,23,24). The molecule has 2 aromatic carbocycles. The monoisotopic (exact) mass is 330 g/mol. The van der Waals surface area contributed by atoms with Crippen molar-refractivity contribution in [3.05, 3.63) is 71.1 Å². The molecule has 25 heavy (non-hydrogen) atoms. The van der Waals surface area contributed by atoms with Crippen LogP contribution in [0.1, 0.15) is 27.2 Å². The number of aryl methyl sites for hydroxylation is 3. The van der Waals surface area contributed by atoms with Crippen LogP contribution in [-0.4, -0.2) is 10.9 Å². The van der Waals surface area contributed by atoms with Gasteiger partial charge in [-0.2, -0.15) is 0 Å². The minimum atomic E-state index is -0.260. The molecule has 0 fully saturated rings. The van der Waals surface area contributed by atoms with Gasteiger partial charge in [-0.05, 0) is 44.0 Å². The fourth-order valence-electron chi connectivity index (χ4n) is 3.12. The van der Waals surface area contributed by atoms with E-state index < -0.39 is 0 Å². The highest BCUT2D eigenvalue weighted by molar-refractivity contribution is 6.09. The Kier molecular flexibility index (Phi) is 3.53. The first-order chi connectivity index (χ1) is 12.1. The number of pyridine rings is 1. The molecule has 0 aliphatic heterocycles. The second-order valence-electron chi connectivity index (χ2n) is 6.28. The number of benzene rings is 2. The van der Waals surface area contributed by atoms with Crippen molar-refractivity contribution in [3.63, 3.8) is 0 Å². The molecule has 0 unspecified atom stereocenters. The number of hydrogen-bond acceptors (Lipinski definition) is 3. The van der Waals surface area contributed by atoms with Gasteiger partial charge in [0.1, 0.15) is 5.58 Å². The second kappa shape index (κ2) is 5.74. The van der Waals surface area contributed by atoms with E-state index in [1.165, 1.54) is 0 Å². The average molecular weight is 330 g/mol. The number of furan rings is 1. The molecule has 4 rings (SSSR count).